The van der Waals surface area contributed by atoms with Crippen LogP contribution in [-0.2, 0) is 10.0 Å². The van der Waals surface area contributed by atoms with Gasteiger partial charge in [-0.3, -0.25) is 10.1 Å². The molecular formula is C20H22N4O4S. The predicted molar refractivity (Wildman–Crippen MR) is 110 cm³/mol. The molecule has 0 spiro atoms. The van der Waals surface area contributed by atoms with Gasteiger partial charge in [0, 0.05) is 12.1 Å². The van der Waals surface area contributed by atoms with Gasteiger partial charge in [-0.25, -0.2) is 18.1 Å². The average Bonchev–Trinajstić information content (AvgIpc) is 3.18. The first-order valence-electron chi connectivity index (χ1n) is 9.11. The zero-order chi connectivity index (χ0) is 21.2. The lowest BCUT2D eigenvalue weighted by Gasteiger charge is -2.17. The lowest BCUT2D eigenvalue weighted by atomic mass is 10.1. The summed E-state index contributed by atoms with van der Waals surface area (Å²) >= 11 is 0. The molecule has 152 valence electrons. The van der Waals surface area contributed by atoms with Crippen molar-refractivity contribution in [3.05, 3.63) is 75.7 Å². The first kappa shape index (κ1) is 20.7. The average molecular weight is 414 g/mol. The topological polar surface area (TPSA) is 118 Å². The van der Waals surface area contributed by atoms with Crippen molar-refractivity contribution < 1.29 is 13.3 Å². The molecule has 0 aliphatic heterocycles. The number of H-pyrrole nitrogens is 1. The number of hydrogen-bond acceptors (Lipinski definition) is 5. The number of non-ortho nitro benzene ring substituents is 1. The van der Waals surface area contributed by atoms with E-state index < -0.39 is 21.0 Å². The van der Waals surface area contributed by atoms with Crippen LogP contribution in [0.1, 0.15) is 36.3 Å². The fourth-order valence-corrected chi connectivity index (χ4v) is 4.67. The van der Waals surface area contributed by atoms with E-state index in [1.807, 2.05) is 37.3 Å². The number of nitrogens with one attached hydrogen (secondary N) is 2. The molecule has 1 unspecified atom stereocenters. The number of imidazole rings is 1. The van der Waals surface area contributed by atoms with Gasteiger partial charge in [0.1, 0.15) is 5.82 Å². The van der Waals surface area contributed by atoms with Gasteiger partial charge in [-0.05, 0) is 37.0 Å². The molecule has 2 N–H and O–H groups in total. The maximum Gasteiger partial charge on any atom is 0.271 e. The Morgan fingerprint density at radius 3 is 2.52 bits per heavy atom. The Balaban J connectivity index is 1.93. The molecule has 29 heavy (non-hydrogen) atoms. The summed E-state index contributed by atoms with van der Waals surface area (Å²) in [5, 5.41) is 11.2. The van der Waals surface area contributed by atoms with Gasteiger partial charge in [-0.15, -0.1) is 0 Å². The van der Waals surface area contributed by atoms with Crippen LogP contribution in [0.15, 0.2) is 53.6 Å². The Kier molecular flexibility index (Phi) is 5.81. The molecule has 3 rings (SSSR count). The highest BCUT2D eigenvalue weighted by Gasteiger charge is 2.26. The maximum atomic E-state index is 13.0. The number of benzene rings is 2. The maximum absolute atomic E-state index is 13.0. The van der Waals surface area contributed by atoms with Gasteiger partial charge in [0.25, 0.3) is 5.69 Å². The summed E-state index contributed by atoms with van der Waals surface area (Å²) in [6.07, 6.45) is 2.11. The van der Waals surface area contributed by atoms with Crippen LogP contribution in [0.25, 0.3) is 11.3 Å². The Bertz CT molecular complexity index is 1140. The minimum atomic E-state index is -4.00. The van der Waals surface area contributed by atoms with Crippen LogP contribution in [0.4, 0.5) is 5.69 Å². The predicted octanol–water partition coefficient (Wildman–Crippen LogP) is 4.03. The quantitative estimate of drug-likeness (QED) is 0.447. The van der Waals surface area contributed by atoms with E-state index in [1.165, 1.54) is 6.07 Å². The van der Waals surface area contributed by atoms with E-state index in [1.54, 1.807) is 20.0 Å². The van der Waals surface area contributed by atoms with E-state index in [9.17, 15) is 18.5 Å². The molecule has 1 aromatic heterocycles. The first-order chi connectivity index (χ1) is 13.7. The summed E-state index contributed by atoms with van der Waals surface area (Å²) in [4.78, 5) is 18.0. The molecule has 0 aliphatic rings. The number of sulfonamides is 1. The van der Waals surface area contributed by atoms with Crippen LogP contribution in [0.3, 0.4) is 0 Å². The van der Waals surface area contributed by atoms with Gasteiger partial charge in [0.2, 0.25) is 10.0 Å². The summed E-state index contributed by atoms with van der Waals surface area (Å²) in [6.45, 7) is 5.12. The van der Waals surface area contributed by atoms with Crippen molar-refractivity contribution in [2.75, 3.05) is 0 Å². The highest BCUT2D eigenvalue weighted by atomic mass is 32.2. The van der Waals surface area contributed by atoms with Gasteiger partial charge in [-0.2, -0.15) is 0 Å². The fraction of sp³-hybridized carbons (Fsp3) is 0.250. The van der Waals surface area contributed by atoms with E-state index >= 15 is 0 Å². The standard InChI is InChI=1S/C20H22N4O4S/c1-4-17(20-21-12-18(22-20)15-8-6-5-7-9-15)23-29(27,28)19-11-16(24(25)26)10-13(2)14(19)3/h5-12,17,23H,4H2,1-3H3,(H,21,22). The number of aromatic nitrogens is 2. The smallest absolute Gasteiger partial charge is 0.271 e. The molecule has 8 nitrogen and oxygen atoms in total. The van der Waals surface area contributed by atoms with Gasteiger partial charge in [0.15, 0.2) is 0 Å². The number of nitro groups is 1. The molecule has 0 amide bonds. The van der Waals surface area contributed by atoms with Crippen LogP contribution in [0, 0.1) is 24.0 Å². The number of aromatic amines is 1. The summed E-state index contributed by atoms with van der Waals surface area (Å²) in [5.41, 5.74) is 2.47. The van der Waals surface area contributed by atoms with E-state index in [4.69, 9.17) is 0 Å². The SMILES string of the molecule is CCC(NS(=O)(=O)c1cc([N+](=O)[O-])cc(C)c1C)c1ncc(-c2ccccc2)[nH]1. The van der Waals surface area contributed by atoms with E-state index in [0.29, 0.717) is 23.4 Å². The van der Waals surface area contributed by atoms with Crippen molar-refractivity contribution in [2.45, 2.75) is 38.1 Å². The summed E-state index contributed by atoms with van der Waals surface area (Å²) < 4.78 is 28.7. The van der Waals surface area contributed by atoms with Crippen LogP contribution in [-0.4, -0.2) is 23.3 Å². The molecule has 1 heterocycles. The molecule has 0 saturated carbocycles. The van der Waals surface area contributed by atoms with Gasteiger partial charge in [-0.1, -0.05) is 37.3 Å². The Morgan fingerprint density at radius 2 is 1.90 bits per heavy atom. The minimum absolute atomic E-state index is 0.0995. The molecule has 9 heteroatoms. The van der Waals surface area contributed by atoms with E-state index in [-0.39, 0.29) is 10.6 Å². The largest absolute Gasteiger partial charge is 0.341 e. The van der Waals surface area contributed by atoms with Crippen LogP contribution < -0.4 is 4.72 Å². The Morgan fingerprint density at radius 1 is 1.21 bits per heavy atom. The molecule has 3 aromatic rings. The molecule has 0 fully saturated rings. The molecule has 0 radical (unpaired) electrons. The van der Waals surface area contributed by atoms with Crippen molar-refractivity contribution in [3.63, 3.8) is 0 Å². The highest BCUT2D eigenvalue weighted by Crippen LogP contribution is 2.27. The second-order valence-electron chi connectivity index (χ2n) is 6.77. The van der Waals surface area contributed by atoms with Crippen LogP contribution >= 0.6 is 0 Å². The monoisotopic (exact) mass is 414 g/mol. The lowest BCUT2D eigenvalue weighted by molar-refractivity contribution is -0.385. The molecule has 2 aromatic carbocycles. The molecule has 0 saturated heterocycles. The third kappa shape index (κ3) is 4.36. The van der Waals surface area contributed by atoms with Crippen LogP contribution in [0.2, 0.25) is 0 Å². The molecule has 0 aliphatic carbocycles. The van der Waals surface area contributed by atoms with Crippen molar-refractivity contribution >= 4 is 15.7 Å². The second-order valence-corrected chi connectivity index (χ2v) is 8.46. The summed E-state index contributed by atoms with van der Waals surface area (Å²) in [6, 6.07) is 11.4. The summed E-state index contributed by atoms with van der Waals surface area (Å²) in [7, 11) is -4.00. The van der Waals surface area contributed by atoms with Crippen LogP contribution in [0.5, 0.6) is 0 Å². The zero-order valence-electron chi connectivity index (χ0n) is 16.3. The molecular weight excluding hydrogens is 392 g/mol. The van der Waals surface area contributed by atoms with Gasteiger partial charge >= 0.3 is 0 Å². The third-order valence-corrected chi connectivity index (χ3v) is 6.42. The highest BCUT2D eigenvalue weighted by molar-refractivity contribution is 7.89. The fourth-order valence-electron chi connectivity index (χ4n) is 3.05. The Labute approximate surface area is 169 Å². The van der Waals surface area contributed by atoms with Gasteiger partial charge in [0.05, 0.1) is 27.8 Å². The third-order valence-electron chi connectivity index (χ3n) is 4.82. The number of nitro benzene ring substituents is 1. The number of aryl methyl sites for hydroxylation is 1. The molecule has 0 bridgehead atoms. The normalized spacial score (nSPS) is 12.7. The first-order valence-corrected chi connectivity index (χ1v) is 10.6. The van der Waals surface area contributed by atoms with E-state index in [2.05, 4.69) is 14.7 Å². The van der Waals surface area contributed by atoms with Crippen molar-refractivity contribution in [1.29, 1.82) is 0 Å². The van der Waals surface area contributed by atoms with Crippen molar-refractivity contribution in [1.82, 2.24) is 14.7 Å². The number of rotatable bonds is 7. The minimum Gasteiger partial charge on any atom is -0.341 e. The Hall–Kier alpha value is -3.04. The second kappa shape index (κ2) is 8.14. The number of hydrogen-bond donors (Lipinski definition) is 2. The van der Waals surface area contributed by atoms with Crippen molar-refractivity contribution in [2.24, 2.45) is 0 Å². The summed E-state index contributed by atoms with van der Waals surface area (Å²) in [5.74, 6) is 0.481. The number of nitrogens with zero attached hydrogens (tertiary/aromatic N) is 2. The lowest BCUT2D eigenvalue weighted by Crippen LogP contribution is -2.29. The van der Waals surface area contributed by atoms with E-state index in [0.717, 1.165) is 17.3 Å². The van der Waals surface area contributed by atoms with Gasteiger partial charge < -0.3 is 4.98 Å². The van der Waals surface area contributed by atoms with Crippen molar-refractivity contribution in [3.8, 4) is 11.3 Å². The molecule has 1 atom stereocenters. The zero-order valence-corrected chi connectivity index (χ0v) is 17.2.